The lowest BCUT2D eigenvalue weighted by Crippen LogP contribution is -2.45. The Kier molecular flexibility index (Phi) is 10.4. The number of aryl methyl sites for hydroxylation is 1. The fourth-order valence-corrected chi connectivity index (χ4v) is 11.3. The number of carbonyl (C=O) groups excluding carboxylic acids is 2. The Morgan fingerprint density at radius 1 is 1.17 bits per heavy atom. The summed E-state index contributed by atoms with van der Waals surface area (Å²) in [5, 5.41) is 25.6. The molecule has 0 radical (unpaired) electrons. The predicted octanol–water partition coefficient (Wildman–Crippen LogP) is 6.41. The molecule has 2 amide bonds. The number of hydrogen-bond acceptors (Lipinski definition) is 7. The van der Waals surface area contributed by atoms with Crippen LogP contribution in [0.5, 0.6) is 0 Å². The van der Waals surface area contributed by atoms with Crippen molar-refractivity contribution in [2.75, 3.05) is 29.9 Å². The number of aromatic nitrogens is 3. The van der Waals surface area contributed by atoms with E-state index in [1.165, 1.54) is 0 Å². The van der Waals surface area contributed by atoms with E-state index in [1.807, 2.05) is 73.8 Å². The van der Waals surface area contributed by atoms with Crippen LogP contribution < -0.4 is 15.5 Å². The zero-order chi connectivity index (χ0) is 36.6. The molecule has 1 aromatic heterocycles. The zero-order valence-electron chi connectivity index (χ0n) is 29.8. The smallest absolute Gasteiger partial charge is 0.264 e. The average Bonchev–Trinajstić information content (AvgIpc) is 3.79. The molecule has 52 heavy (non-hydrogen) atoms. The summed E-state index contributed by atoms with van der Waals surface area (Å²) in [6, 6.07) is 22.6. The Morgan fingerprint density at radius 2 is 1.94 bits per heavy atom. The van der Waals surface area contributed by atoms with Crippen LogP contribution in [0.3, 0.4) is 0 Å². The summed E-state index contributed by atoms with van der Waals surface area (Å²) in [5.41, 5.74) is 2.62. The summed E-state index contributed by atoms with van der Waals surface area (Å²) in [5.74, 6) is -1.07. The van der Waals surface area contributed by atoms with Crippen molar-refractivity contribution in [2.45, 2.75) is 75.5 Å². The number of halogens is 2. The molecule has 10 nitrogen and oxygen atoms in total. The molecule has 13 heteroatoms. The first-order valence-corrected chi connectivity index (χ1v) is 21.5. The molecule has 2 saturated heterocycles. The highest BCUT2D eigenvalue weighted by Crippen LogP contribution is 2.60. The second kappa shape index (κ2) is 14.8. The number of aliphatic hydroxyl groups excluding tert-OH is 1. The predicted molar refractivity (Wildman–Crippen MR) is 201 cm³/mol. The maximum absolute atomic E-state index is 16.4. The molecule has 1 spiro atoms. The minimum atomic E-state index is -3.38. The van der Waals surface area contributed by atoms with Gasteiger partial charge in [0, 0.05) is 47.0 Å². The molecule has 3 N–H and O–H groups in total. The minimum absolute atomic E-state index is 0.00373. The van der Waals surface area contributed by atoms with Crippen LogP contribution in [0.25, 0.3) is 0 Å². The van der Waals surface area contributed by atoms with Crippen LogP contribution in [-0.2, 0) is 33.0 Å². The van der Waals surface area contributed by atoms with Gasteiger partial charge in [-0.05, 0) is 80.4 Å². The van der Waals surface area contributed by atoms with E-state index in [-0.39, 0.29) is 36.8 Å². The van der Waals surface area contributed by atoms with Crippen molar-refractivity contribution in [2.24, 2.45) is 11.8 Å². The van der Waals surface area contributed by atoms with Crippen LogP contribution in [-0.4, -0.2) is 66.1 Å². The lowest BCUT2D eigenvalue weighted by atomic mass is 9.82. The lowest BCUT2D eigenvalue weighted by molar-refractivity contribution is -0.146. The largest absolute Gasteiger partial charge is 0.395 e. The number of rotatable bonds is 11. The number of anilines is 2. The number of carbonyl (C=O) groups is 2. The zero-order valence-corrected chi connectivity index (χ0v) is 31.5. The van der Waals surface area contributed by atoms with Crippen molar-refractivity contribution in [3.05, 3.63) is 106 Å². The molecular weight excluding hydrogens is 699 g/mol. The maximum atomic E-state index is 16.4. The van der Waals surface area contributed by atoms with Gasteiger partial charge in [0.15, 0.2) is 5.60 Å². The molecule has 3 aliphatic rings. The molecule has 2 unspecified atom stereocenters. The van der Waals surface area contributed by atoms with Gasteiger partial charge in [-0.1, -0.05) is 66.2 Å². The summed E-state index contributed by atoms with van der Waals surface area (Å²) in [4.78, 5) is 29.3. The lowest BCUT2D eigenvalue weighted by Gasteiger charge is -2.31. The number of aliphatic hydroxyl groups is 1. The second-order valence-corrected chi connectivity index (χ2v) is 19.1. The molecule has 0 bridgehead atoms. The van der Waals surface area contributed by atoms with E-state index in [2.05, 4.69) is 20.9 Å². The van der Waals surface area contributed by atoms with Crippen LogP contribution in [0.2, 0.25) is 23.7 Å². The number of fused-ring (bicyclic) bond motifs is 2. The summed E-state index contributed by atoms with van der Waals surface area (Å²) >= 11 is 6.57. The Bertz CT molecular complexity index is 1900. The minimum Gasteiger partial charge on any atom is -0.395 e. The van der Waals surface area contributed by atoms with Crippen LogP contribution in [0.15, 0.2) is 79.0 Å². The van der Waals surface area contributed by atoms with Crippen molar-refractivity contribution in [1.82, 2.24) is 20.3 Å². The number of nitrogens with one attached hydrogen (secondary N) is 2. The molecular formula is C39H46ClFN6O4Si. The number of piperidine rings is 1. The van der Waals surface area contributed by atoms with Crippen LogP contribution >= 0.6 is 11.6 Å². The van der Waals surface area contributed by atoms with Gasteiger partial charge in [-0.15, -0.1) is 5.10 Å². The quantitative estimate of drug-likeness (QED) is 0.120. The average molecular weight is 745 g/mol. The first-order chi connectivity index (χ1) is 25.0. The Balaban J connectivity index is 1.11. The highest BCUT2D eigenvalue weighted by atomic mass is 35.5. The standard InChI is InChI=1S/C39H46ClFN6O4Si/c1-25-36(52(2,3)41)35(17-19-46-23-33(44-45-46)31(24-48)27-8-5-4-6-9-27)51-39(25)32-20-29(40)13-16-34(32)47(38(39)50)22-26-11-14-30(15-12-26)43-37(49)28-10-7-18-42-21-28/h4-6,8-9,11-16,20,23,25,28,31,35-36,42,48H,7,10,17-19,21-22,24H2,1-3H3,(H,43,49)/t25-,28?,31?,35+,36-,39+/m0/s1. The van der Waals surface area contributed by atoms with E-state index in [9.17, 15) is 14.7 Å². The maximum Gasteiger partial charge on any atom is 0.264 e. The molecule has 3 aromatic carbocycles. The first kappa shape index (κ1) is 36.4. The van der Waals surface area contributed by atoms with Crippen LogP contribution in [0.4, 0.5) is 15.5 Å². The molecule has 6 atom stereocenters. The third-order valence-electron chi connectivity index (χ3n) is 11.1. The highest BCUT2D eigenvalue weighted by molar-refractivity contribution is 6.72. The summed E-state index contributed by atoms with van der Waals surface area (Å²) in [7, 11) is -3.38. The fraction of sp³-hybridized carbons (Fsp3) is 0.436. The summed E-state index contributed by atoms with van der Waals surface area (Å²) in [6.45, 7) is 7.48. The Labute approximate surface area is 309 Å². The van der Waals surface area contributed by atoms with Crippen molar-refractivity contribution >= 4 is 43.2 Å². The normalized spacial score (nSPS) is 25.0. The molecule has 0 aliphatic carbocycles. The molecule has 4 aromatic rings. The topological polar surface area (TPSA) is 122 Å². The number of ether oxygens (including phenoxy) is 1. The monoisotopic (exact) mass is 744 g/mol. The van der Waals surface area contributed by atoms with E-state index >= 15 is 4.11 Å². The number of hydrogen-bond donors (Lipinski definition) is 3. The molecule has 274 valence electrons. The SMILES string of the molecule is C[C@H]1[C@H]([Si](C)(C)F)[C@@H](CCn2cc(C(CO)c3ccccc3)nn2)O[C@]12C(=O)N(Cc1ccc(NC(=O)C3CCCNC3)cc1)c1ccc(Cl)cc12. The Morgan fingerprint density at radius 3 is 2.63 bits per heavy atom. The summed E-state index contributed by atoms with van der Waals surface area (Å²) in [6.07, 6.45) is 3.52. The Hall–Kier alpha value is -3.94. The summed E-state index contributed by atoms with van der Waals surface area (Å²) < 4.78 is 25.0. The number of amides is 2. The molecule has 4 heterocycles. The van der Waals surface area contributed by atoms with E-state index in [0.29, 0.717) is 47.2 Å². The van der Waals surface area contributed by atoms with Gasteiger partial charge in [0.2, 0.25) is 14.3 Å². The van der Waals surface area contributed by atoms with Gasteiger partial charge in [0.1, 0.15) is 0 Å². The van der Waals surface area contributed by atoms with Gasteiger partial charge in [0.05, 0.1) is 42.5 Å². The molecule has 0 saturated carbocycles. The van der Waals surface area contributed by atoms with Gasteiger partial charge in [0.25, 0.3) is 5.91 Å². The van der Waals surface area contributed by atoms with Gasteiger partial charge in [-0.3, -0.25) is 14.3 Å². The highest BCUT2D eigenvalue weighted by Gasteiger charge is 2.66. The van der Waals surface area contributed by atoms with Gasteiger partial charge in [-0.2, -0.15) is 0 Å². The third kappa shape index (κ3) is 6.94. The molecule has 2 fully saturated rings. The molecule has 3 aliphatic heterocycles. The van der Waals surface area contributed by atoms with E-state index in [1.54, 1.807) is 34.8 Å². The number of benzene rings is 3. The fourth-order valence-electron chi connectivity index (χ4n) is 8.54. The number of nitrogens with zero attached hydrogens (tertiary/aromatic N) is 4. The van der Waals surface area contributed by atoms with Crippen molar-refractivity contribution in [1.29, 1.82) is 0 Å². The molecule has 7 rings (SSSR count). The van der Waals surface area contributed by atoms with Crippen LogP contribution in [0.1, 0.15) is 54.5 Å². The van der Waals surface area contributed by atoms with E-state index in [4.69, 9.17) is 16.3 Å². The van der Waals surface area contributed by atoms with E-state index < -0.39 is 31.6 Å². The first-order valence-electron chi connectivity index (χ1n) is 18.1. The van der Waals surface area contributed by atoms with Crippen molar-refractivity contribution in [3.63, 3.8) is 0 Å². The second-order valence-electron chi connectivity index (χ2n) is 14.9. The van der Waals surface area contributed by atoms with Crippen molar-refractivity contribution < 1.29 is 23.5 Å². The van der Waals surface area contributed by atoms with Gasteiger partial charge >= 0.3 is 0 Å². The van der Waals surface area contributed by atoms with Gasteiger partial charge in [-0.25, -0.2) is 0 Å². The van der Waals surface area contributed by atoms with E-state index in [0.717, 1.165) is 30.5 Å². The van der Waals surface area contributed by atoms with Crippen molar-refractivity contribution in [3.8, 4) is 0 Å². The van der Waals surface area contributed by atoms with Crippen LogP contribution in [0, 0.1) is 11.8 Å². The third-order valence-corrected chi connectivity index (χ3v) is 13.8. The van der Waals surface area contributed by atoms with Gasteiger partial charge < -0.3 is 29.5 Å².